The number of quaternary nitrogens is 1. The van der Waals surface area contributed by atoms with Gasteiger partial charge in [0, 0.05) is 6.42 Å². The van der Waals surface area contributed by atoms with Crippen LogP contribution in [0.4, 0.5) is 0 Å². The fraction of sp³-hybridized carbons (Fsp3) is 0.735. The minimum Gasteiger partial charge on any atom is -0.387 e. The molecule has 0 bridgehead atoms. The maximum Gasteiger partial charge on any atom is 0.472 e. The SMILES string of the molecule is CCCCCCCCC/C=C/C/C=C/C/C=C/C/C=C/CCCC(=O)N[C@@H](COP(=O)(O)OCC[N+](C)(C)C)[C@H](O)/C=C/CC/C=C/CCCCCCCCCCC. The summed E-state index contributed by atoms with van der Waals surface area (Å²) < 4.78 is 23.5. The second kappa shape index (κ2) is 40.4. The molecule has 0 aromatic heterocycles. The van der Waals surface area contributed by atoms with E-state index in [4.69, 9.17) is 9.05 Å². The summed E-state index contributed by atoms with van der Waals surface area (Å²) in [5, 5.41) is 13.8. The van der Waals surface area contributed by atoms with Crippen molar-refractivity contribution < 1.29 is 32.9 Å². The van der Waals surface area contributed by atoms with Crippen molar-refractivity contribution in [1.29, 1.82) is 0 Å². The van der Waals surface area contributed by atoms with Crippen molar-refractivity contribution >= 4 is 13.7 Å². The van der Waals surface area contributed by atoms with E-state index in [2.05, 4.69) is 79.9 Å². The first-order valence-corrected chi connectivity index (χ1v) is 24.8. The van der Waals surface area contributed by atoms with Gasteiger partial charge in [-0.15, -0.1) is 0 Å². The van der Waals surface area contributed by atoms with E-state index in [9.17, 15) is 19.4 Å². The number of carbonyl (C=O) groups excluding carboxylic acids is 1. The Hall–Kier alpha value is -2.06. The van der Waals surface area contributed by atoms with E-state index in [0.29, 0.717) is 17.4 Å². The van der Waals surface area contributed by atoms with Crippen molar-refractivity contribution in [2.24, 2.45) is 0 Å². The molecule has 3 atom stereocenters. The highest BCUT2D eigenvalue weighted by atomic mass is 31.2. The van der Waals surface area contributed by atoms with Gasteiger partial charge in [-0.25, -0.2) is 4.57 Å². The largest absolute Gasteiger partial charge is 0.472 e. The van der Waals surface area contributed by atoms with Crippen LogP contribution in [-0.4, -0.2) is 73.4 Å². The van der Waals surface area contributed by atoms with E-state index in [1.165, 1.54) is 109 Å². The molecular weight excluding hydrogens is 744 g/mol. The lowest BCUT2D eigenvalue weighted by Gasteiger charge is -2.25. The molecule has 336 valence electrons. The van der Waals surface area contributed by atoms with Crippen molar-refractivity contribution in [3.63, 3.8) is 0 Å². The molecule has 0 saturated heterocycles. The average Bonchev–Trinajstić information content (AvgIpc) is 3.17. The summed E-state index contributed by atoms with van der Waals surface area (Å²) in [5.41, 5.74) is 0. The Bertz CT molecular complexity index is 1170. The zero-order valence-electron chi connectivity index (χ0n) is 38.0. The summed E-state index contributed by atoms with van der Waals surface area (Å²) >= 11 is 0. The molecule has 0 aromatic rings. The van der Waals surface area contributed by atoms with E-state index >= 15 is 0 Å². The predicted molar refractivity (Wildman–Crippen MR) is 249 cm³/mol. The third kappa shape index (κ3) is 42.1. The molecule has 0 aliphatic heterocycles. The van der Waals surface area contributed by atoms with Gasteiger partial charge in [-0.3, -0.25) is 13.8 Å². The van der Waals surface area contributed by atoms with Gasteiger partial charge in [0.2, 0.25) is 5.91 Å². The third-order valence-corrected chi connectivity index (χ3v) is 10.9. The van der Waals surface area contributed by atoms with Crippen molar-refractivity contribution in [1.82, 2.24) is 5.32 Å². The Balaban J connectivity index is 4.55. The fourth-order valence-corrected chi connectivity index (χ4v) is 6.90. The number of aliphatic hydroxyl groups excluding tert-OH is 1. The highest BCUT2D eigenvalue weighted by Gasteiger charge is 2.27. The number of nitrogens with one attached hydrogen (secondary N) is 1. The Morgan fingerprint density at radius 2 is 1.00 bits per heavy atom. The molecule has 0 fully saturated rings. The maximum atomic E-state index is 12.9. The average molecular weight is 834 g/mol. The highest BCUT2D eigenvalue weighted by molar-refractivity contribution is 7.47. The quantitative estimate of drug-likeness (QED) is 0.0245. The number of unbranched alkanes of at least 4 members (excludes halogenated alkanes) is 18. The number of aliphatic hydroxyl groups is 1. The molecule has 1 amide bonds. The number of amides is 1. The number of nitrogens with zero attached hydrogens (tertiary/aromatic N) is 1. The van der Waals surface area contributed by atoms with E-state index in [1.807, 2.05) is 27.2 Å². The van der Waals surface area contributed by atoms with Crippen LogP contribution < -0.4 is 5.32 Å². The van der Waals surface area contributed by atoms with Gasteiger partial charge in [0.15, 0.2) is 0 Å². The van der Waals surface area contributed by atoms with Gasteiger partial charge < -0.3 is 19.8 Å². The molecule has 0 radical (unpaired) electrons. The number of likely N-dealkylation sites (N-methyl/N-ethyl adjacent to an activating group) is 1. The second-order valence-electron chi connectivity index (χ2n) is 16.8. The standard InChI is InChI=1S/C49H89N2O6P/c1-6-8-10-12-14-16-18-20-22-23-24-25-26-27-29-31-33-35-37-39-41-43-49(53)50-47(46-57-58(54,55)56-45-44-51(3,4)5)48(52)42-40-38-36-34-32-30-28-21-19-17-15-13-11-9-7-2/h22-23,25-26,29,31-32,34-35,37,40,42,47-48,52H,6-21,24,27-28,30,33,36,38-39,41,43-46H2,1-5H3,(H-,50,53,54,55)/p+1/b23-22+,26-25+,31-29+,34-32+,37-35+,42-40+/t47-,48+/m0/s1. The Morgan fingerprint density at radius 1 is 0.586 bits per heavy atom. The Morgan fingerprint density at radius 3 is 1.50 bits per heavy atom. The first kappa shape index (κ1) is 55.9. The minimum atomic E-state index is -4.36. The molecule has 0 heterocycles. The van der Waals surface area contributed by atoms with E-state index in [1.54, 1.807) is 6.08 Å². The second-order valence-corrected chi connectivity index (χ2v) is 18.2. The lowest BCUT2D eigenvalue weighted by atomic mass is 10.1. The number of rotatable bonds is 41. The van der Waals surface area contributed by atoms with Crippen LogP contribution in [0.3, 0.4) is 0 Å². The topological polar surface area (TPSA) is 105 Å². The molecule has 0 spiro atoms. The van der Waals surface area contributed by atoms with Gasteiger partial charge in [0.05, 0.1) is 39.9 Å². The van der Waals surface area contributed by atoms with Gasteiger partial charge in [-0.05, 0) is 70.6 Å². The molecule has 1 unspecified atom stereocenters. The van der Waals surface area contributed by atoms with Crippen LogP contribution in [0.5, 0.6) is 0 Å². The number of allylic oxidation sites excluding steroid dienone is 11. The van der Waals surface area contributed by atoms with Gasteiger partial charge in [0.1, 0.15) is 13.2 Å². The van der Waals surface area contributed by atoms with Crippen molar-refractivity contribution in [2.45, 2.75) is 193 Å². The van der Waals surface area contributed by atoms with Gasteiger partial charge >= 0.3 is 7.82 Å². The monoisotopic (exact) mass is 834 g/mol. The van der Waals surface area contributed by atoms with Crippen LogP contribution in [0.15, 0.2) is 72.9 Å². The van der Waals surface area contributed by atoms with Gasteiger partial charge in [-0.2, -0.15) is 0 Å². The molecule has 8 nitrogen and oxygen atoms in total. The predicted octanol–water partition coefficient (Wildman–Crippen LogP) is 13.2. The Labute approximate surface area is 357 Å². The molecule has 3 N–H and O–H groups in total. The minimum absolute atomic E-state index is 0.0427. The number of hydrogen-bond donors (Lipinski definition) is 3. The van der Waals surface area contributed by atoms with Crippen LogP contribution in [-0.2, 0) is 18.4 Å². The molecule has 0 aliphatic carbocycles. The molecule has 0 aliphatic rings. The maximum absolute atomic E-state index is 12.9. The van der Waals surface area contributed by atoms with Crippen LogP contribution >= 0.6 is 7.82 Å². The number of phosphoric acid groups is 1. The van der Waals surface area contributed by atoms with Crippen LogP contribution in [0.2, 0.25) is 0 Å². The zero-order valence-corrected chi connectivity index (χ0v) is 38.9. The Kier molecular flexibility index (Phi) is 38.9. The summed E-state index contributed by atoms with van der Waals surface area (Å²) in [6.07, 6.45) is 54.2. The lowest BCUT2D eigenvalue weighted by Crippen LogP contribution is -2.45. The van der Waals surface area contributed by atoms with E-state index < -0.39 is 20.0 Å². The normalized spacial score (nSPS) is 14.9. The van der Waals surface area contributed by atoms with Gasteiger partial charge in [-0.1, -0.05) is 177 Å². The third-order valence-electron chi connectivity index (χ3n) is 9.90. The van der Waals surface area contributed by atoms with E-state index in [0.717, 1.165) is 44.9 Å². The van der Waals surface area contributed by atoms with Crippen molar-refractivity contribution in [2.75, 3.05) is 40.9 Å². The first-order valence-electron chi connectivity index (χ1n) is 23.3. The highest BCUT2D eigenvalue weighted by Crippen LogP contribution is 2.43. The number of phosphoric ester groups is 1. The lowest BCUT2D eigenvalue weighted by molar-refractivity contribution is -0.870. The molecule has 0 saturated carbocycles. The number of hydrogen-bond acceptors (Lipinski definition) is 5. The summed E-state index contributed by atoms with van der Waals surface area (Å²) in [5.74, 6) is -0.244. The van der Waals surface area contributed by atoms with Crippen molar-refractivity contribution in [3.8, 4) is 0 Å². The smallest absolute Gasteiger partial charge is 0.387 e. The molecule has 0 rings (SSSR count). The van der Waals surface area contributed by atoms with Crippen LogP contribution in [0.1, 0.15) is 181 Å². The van der Waals surface area contributed by atoms with Crippen molar-refractivity contribution in [3.05, 3.63) is 72.9 Å². The number of carbonyl (C=O) groups is 1. The zero-order chi connectivity index (χ0) is 42.8. The van der Waals surface area contributed by atoms with Crippen LogP contribution in [0, 0.1) is 0 Å². The molecular formula is C49H90N2O6P+. The summed E-state index contributed by atoms with van der Waals surface area (Å²) in [6, 6.07) is -0.894. The van der Waals surface area contributed by atoms with E-state index in [-0.39, 0.29) is 25.5 Å². The summed E-state index contributed by atoms with van der Waals surface area (Å²) in [4.78, 5) is 23.1. The first-order chi connectivity index (χ1) is 28.0. The van der Waals surface area contributed by atoms with Crippen LogP contribution in [0.25, 0.3) is 0 Å². The molecule has 9 heteroatoms. The summed E-state index contributed by atoms with van der Waals surface area (Å²) in [7, 11) is 1.51. The fourth-order valence-electron chi connectivity index (χ4n) is 6.17. The molecule has 0 aromatic carbocycles. The summed E-state index contributed by atoms with van der Waals surface area (Å²) in [6.45, 7) is 4.73. The molecule has 58 heavy (non-hydrogen) atoms. The van der Waals surface area contributed by atoms with Gasteiger partial charge in [0.25, 0.3) is 0 Å².